The number of halogens is 1. The lowest BCUT2D eigenvalue weighted by Gasteiger charge is -2.34. The van der Waals surface area contributed by atoms with Crippen LogP contribution in [0.3, 0.4) is 0 Å². The number of rotatable bonds is 3. The summed E-state index contributed by atoms with van der Waals surface area (Å²) < 4.78 is 1.05. The van der Waals surface area contributed by atoms with Crippen molar-refractivity contribution in [3.63, 3.8) is 0 Å². The third kappa shape index (κ3) is 4.07. The normalized spacial score (nSPS) is 27.0. The van der Waals surface area contributed by atoms with Crippen molar-refractivity contribution in [1.29, 1.82) is 0 Å². The van der Waals surface area contributed by atoms with Crippen LogP contribution in [0.4, 0.5) is 0 Å². The van der Waals surface area contributed by atoms with Gasteiger partial charge < -0.3 is 5.32 Å². The Morgan fingerprint density at radius 3 is 2.63 bits per heavy atom. The minimum atomic E-state index is 0.147. The van der Waals surface area contributed by atoms with Crippen molar-refractivity contribution in [2.24, 2.45) is 11.8 Å². The fourth-order valence-corrected chi connectivity index (χ4v) is 3.10. The molecule has 1 aromatic carbocycles. The van der Waals surface area contributed by atoms with Crippen LogP contribution in [0, 0.1) is 11.8 Å². The lowest BCUT2D eigenvalue weighted by atomic mass is 9.78. The molecule has 1 saturated carbocycles. The van der Waals surface area contributed by atoms with E-state index >= 15 is 0 Å². The molecule has 1 fully saturated rings. The monoisotopic (exact) mass is 323 g/mol. The van der Waals surface area contributed by atoms with Crippen LogP contribution in [0.1, 0.15) is 38.7 Å². The summed E-state index contributed by atoms with van der Waals surface area (Å²) in [4.78, 5) is 12.1. The zero-order valence-electron chi connectivity index (χ0n) is 11.7. The van der Waals surface area contributed by atoms with Gasteiger partial charge in [-0.25, -0.2) is 0 Å². The van der Waals surface area contributed by atoms with Crippen LogP contribution >= 0.6 is 15.9 Å². The molecule has 104 valence electrons. The molecule has 0 unspecified atom stereocenters. The predicted molar refractivity (Wildman–Crippen MR) is 82.0 cm³/mol. The van der Waals surface area contributed by atoms with Gasteiger partial charge in [-0.15, -0.1) is 0 Å². The standard InChI is InChI=1S/C16H22BrNO/c1-11-4-3-5-15(12(11)2)18-16(19)10-13-6-8-14(17)9-7-13/h6-9,11-12,15H,3-5,10H2,1-2H3,(H,18,19)/t11-,12+,15-/m0/s1. The molecule has 0 heterocycles. The molecule has 1 amide bonds. The van der Waals surface area contributed by atoms with Crippen LogP contribution in [0.15, 0.2) is 28.7 Å². The topological polar surface area (TPSA) is 29.1 Å². The maximum atomic E-state index is 12.1. The molecule has 0 bridgehead atoms. The van der Waals surface area contributed by atoms with Gasteiger partial charge in [0.15, 0.2) is 0 Å². The first-order valence-corrected chi connectivity index (χ1v) is 7.89. The molecule has 2 rings (SSSR count). The van der Waals surface area contributed by atoms with Gasteiger partial charge in [0.1, 0.15) is 0 Å². The molecule has 0 spiro atoms. The first-order chi connectivity index (χ1) is 9.06. The van der Waals surface area contributed by atoms with Gasteiger partial charge in [0.05, 0.1) is 6.42 Å². The maximum absolute atomic E-state index is 12.1. The van der Waals surface area contributed by atoms with Crippen molar-refractivity contribution in [3.8, 4) is 0 Å². The van der Waals surface area contributed by atoms with E-state index in [0.29, 0.717) is 24.3 Å². The highest BCUT2D eigenvalue weighted by Crippen LogP contribution is 2.29. The summed E-state index contributed by atoms with van der Waals surface area (Å²) in [5.41, 5.74) is 1.07. The van der Waals surface area contributed by atoms with Crippen LogP contribution in [0.5, 0.6) is 0 Å². The molecule has 0 aromatic heterocycles. The molecular formula is C16H22BrNO. The molecule has 0 saturated heterocycles. The van der Waals surface area contributed by atoms with Gasteiger partial charge in [-0.3, -0.25) is 4.79 Å². The van der Waals surface area contributed by atoms with E-state index in [1.807, 2.05) is 24.3 Å². The first kappa shape index (κ1) is 14.6. The van der Waals surface area contributed by atoms with Crippen LogP contribution in [0.25, 0.3) is 0 Å². The number of amides is 1. The van der Waals surface area contributed by atoms with Gasteiger partial charge in [-0.1, -0.05) is 54.8 Å². The summed E-state index contributed by atoms with van der Waals surface area (Å²) in [7, 11) is 0. The van der Waals surface area contributed by atoms with Gasteiger partial charge in [-0.05, 0) is 36.0 Å². The Balaban J connectivity index is 1.88. The van der Waals surface area contributed by atoms with Gasteiger partial charge in [0, 0.05) is 10.5 Å². The van der Waals surface area contributed by atoms with Crippen molar-refractivity contribution in [2.75, 3.05) is 0 Å². The molecular weight excluding hydrogens is 302 g/mol. The number of hydrogen-bond donors (Lipinski definition) is 1. The third-order valence-corrected chi connectivity index (χ3v) is 4.86. The van der Waals surface area contributed by atoms with Crippen molar-refractivity contribution < 1.29 is 4.79 Å². The Hall–Kier alpha value is -0.830. The van der Waals surface area contributed by atoms with Gasteiger partial charge in [-0.2, -0.15) is 0 Å². The number of carbonyl (C=O) groups is 1. The Labute approximate surface area is 124 Å². The molecule has 19 heavy (non-hydrogen) atoms. The average Bonchev–Trinajstić information content (AvgIpc) is 2.38. The van der Waals surface area contributed by atoms with Crippen LogP contribution in [-0.4, -0.2) is 11.9 Å². The molecule has 3 atom stereocenters. The summed E-state index contributed by atoms with van der Waals surface area (Å²) in [6.07, 6.45) is 4.12. The molecule has 2 nitrogen and oxygen atoms in total. The van der Waals surface area contributed by atoms with E-state index in [4.69, 9.17) is 0 Å². The second kappa shape index (κ2) is 6.56. The second-order valence-electron chi connectivity index (χ2n) is 5.74. The lowest BCUT2D eigenvalue weighted by molar-refractivity contribution is -0.121. The molecule has 0 aliphatic heterocycles. The van der Waals surface area contributed by atoms with Crippen molar-refractivity contribution in [3.05, 3.63) is 34.3 Å². The van der Waals surface area contributed by atoms with Crippen molar-refractivity contribution >= 4 is 21.8 Å². The highest BCUT2D eigenvalue weighted by molar-refractivity contribution is 9.10. The number of nitrogens with one attached hydrogen (secondary N) is 1. The molecule has 1 N–H and O–H groups in total. The van der Waals surface area contributed by atoms with Crippen molar-refractivity contribution in [2.45, 2.75) is 45.6 Å². The minimum Gasteiger partial charge on any atom is -0.353 e. The summed E-state index contributed by atoms with van der Waals surface area (Å²) in [5.74, 6) is 1.45. The van der Waals surface area contributed by atoms with E-state index in [-0.39, 0.29) is 5.91 Å². The summed E-state index contributed by atoms with van der Waals surface area (Å²) in [6, 6.07) is 8.31. The Bertz CT molecular complexity index is 429. The van der Waals surface area contributed by atoms with Crippen molar-refractivity contribution in [1.82, 2.24) is 5.32 Å². The van der Waals surface area contributed by atoms with Crippen LogP contribution in [-0.2, 0) is 11.2 Å². The molecule has 1 aromatic rings. The van der Waals surface area contributed by atoms with Gasteiger partial charge in [0.25, 0.3) is 0 Å². The number of benzene rings is 1. The van der Waals surface area contributed by atoms with E-state index in [1.165, 1.54) is 12.8 Å². The fraction of sp³-hybridized carbons (Fsp3) is 0.562. The van der Waals surface area contributed by atoms with Crippen LogP contribution < -0.4 is 5.32 Å². The number of carbonyl (C=O) groups excluding carboxylic acids is 1. The van der Waals surface area contributed by atoms with Crippen LogP contribution in [0.2, 0.25) is 0 Å². The Kier molecular flexibility index (Phi) is 5.03. The zero-order chi connectivity index (χ0) is 13.8. The summed E-state index contributed by atoms with van der Waals surface area (Å²) in [5, 5.41) is 3.21. The van der Waals surface area contributed by atoms with E-state index in [0.717, 1.165) is 16.5 Å². The van der Waals surface area contributed by atoms with E-state index in [1.54, 1.807) is 0 Å². The summed E-state index contributed by atoms with van der Waals surface area (Å²) in [6.45, 7) is 4.55. The molecule has 0 radical (unpaired) electrons. The highest BCUT2D eigenvalue weighted by atomic mass is 79.9. The summed E-state index contributed by atoms with van der Waals surface area (Å²) >= 11 is 3.41. The molecule has 3 heteroatoms. The van der Waals surface area contributed by atoms with E-state index in [9.17, 15) is 4.79 Å². The van der Waals surface area contributed by atoms with Gasteiger partial charge >= 0.3 is 0 Å². The third-order valence-electron chi connectivity index (χ3n) is 4.33. The first-order valence-electron chi connectivity index (χ1n) is 7.10. The molecule has 1 aliphatic carbocycles. The highest BCUT2D eigenvalue weighted by Gasteiger charge is 2.27. The Morgan fingerprint density at radius 1 is 1.26 bits per heavy atom. The van der Waals surface area contributed by atoms with E-state index < -0.39 is 0 Å². The minimum absolute atomic E-state index is 0.147. The SMILES string of the molecule is C[C@H]1[C@@H](NC(=O)Cc2ccc(Br)cc2)CCC[C@@H]1C. The zero-order valence-corrected chi connectivity index (χ0v) is 13.2. The fourth-order valence-electron chi connectivity index (χ4n) is 2.83. The number of hydrogen-bond acceptors (Lipinski definition) is 1. The quantitative estimate of drug-likeness (QED) is 0.897. The smallest absolute Gasteiger partial charge is 0.224 e. The lowest BCUT2D eigenvalue weighted by Crippen LogP contribution is -2.44. The van der Waals surface area contributed by atoms with E-state index in [2.05, 4.69) is 35.1 Å². The maximum Gasteiger partial charge on any atom is 0.224 e. The average molecular weight is 324 g/mol. The van der Waals surface area contributed by atoms with Gasteiger partial charge in [0.2, 0.25) is 5.91 Å². The molecule has 1 aliphatic rings. The largest absolute Gasteiger partial charge is 0.353 e. The Morgan fingerprint density at radius 2 is 1.95 bits per heavy atom. The predicted octanol–water partition coefficient (Wildman–Crippen LogP) is 3.93. The second-order valence-corrected chi connectivity index (χ2v) is 6.66.